The van der Waals surface area contributed by atoms with Gasteiger partial charge in [0.2, 0.25) is 5.91 Å². The molecular weight excluding hydrogens is 460 g/mol. The van der Waals surface area contributed by atoms with Gasteiger partial charge in [0, 0.05) is 43.1 Å². The highest BCUT2D eigenvalue weighted by Crippen LogP contribution is 2.29. The molecule has 33 heavy (non-hydrogen) atoms. The van der Waals surface area contributed by atoms with Crippen molar-refractivity contribution in [3.05, 3.63) is 17.0 Å². The predicted octanol–water partition coefficient (Wildman–Crippen LogP) is 3.08. The van der Waals surface area contributed by atoms with Crippen LogP contribution >= 0.6 is 11.3 Å². The van der Waals surface area contributed by atoms with E-state index in [1.165, 1.54) is 34.9 Å². The summed E-state index contributed by atoms with van der Waals surface area (Å²) in [6, 6.07) is 3.73. The first-order valence-electron chi connectivity index (χ1n) is 12.3. The summed E-state index contributed by atoms with van der Waals surface area (Å²) < 4.78 is 27.8. The fraction of sp³-hybridized carbons (Fsp3) is 0.739. The Morgan fingerprint density at radius 1 is 0.909 bits per heavy atom. The molecule has 4 rings (SSSR count). The number of urea groups is 1. The van der Waals surface area contributed by atoms with Crippen molar-refractivity contribution in [1.29, 1.82) is 0 Å². The number of piperidine rings is 2. The first-order chi connectivity index (χ1) is 15.8. The van der Waals surface area contributed by atoms with Crippen LogP contribution in [0.25, 0.3) is 0 Å². The summed E-state index contributed by atoms with van der Waals surface area (Å²) in [7, 11) is -3.55. The Morgan fingerprint density at radius 2 is 1.58 bits per heavy atom. The van der Waals surface area contributed by atoms with Gasteiger partial charge in [-0.15, -0.1) is 11.3 Å². The van der Waals surface area contributed by atoms with Gasteiger partial charge in [-0.05, 0) is 57.6 Å². The van der Waals surface area contributed by atoms with Gasteiger partial charge in [-0.1, -0.05) is 19.3 Å². The third-order valence-corrected chi connectivity index (χ3v) is 10.5. The second kappa shape index (κ2) is 10.7. The second-order valence-electron chi connectivity index (χ2n) is 9.62. The zero-order chi connectivity index (χ0) is 23.4. The minimum atomic E-state index is -3.55. The van der Waals surface area contributed by atoms with Crippen molar-refractivity contribution in [2.45, 2.75) is 81.0 Å². The Kier molecular flexibility index (Phi) is 7.96. The van der Waals surface area contributed by atoms with Gasteiger partial charge in [-0.2, -0.15) is 4.31 Å². The van der Waals surface area contributed by atoms with Gasteiger partial charge in [0.25, 0.3) is 10.0 Å². The predicted molar refractivity (Wildman–Crippen MR) is 129 cm³/mol. The number of aryl methyl sites for hydroxylation is 1. The number of nitrogens with one attached hydrogen (secondary N) is 2. The lowest BCUT2D eigenvalue weighted by atomic mass is 9.95. The molecule has 1 saturated carbocycles. The maximum Gasteiger partial charge on any atom is 0.315 e. The number of nitrogens with zero attached hydrogens (tertiary/aromatic N) is 2. The molecule has 1 unspecified atom stereocenters. The van der Waals surface area contributed by atoms with Crippen LogP contribution in [-0.4, -0.2) is 67.8 Å². The molecule has 0 bridgehead atoms. The van der Waals surface area contributed by atoms with Crippen molar-refractivity contribution in [3.63, 3.8) is 0 Å². The molecule has 0 spiro atoms. The number of carbonyl (C=O) groups is 2. The summed E-state index contributed by atoms with van der Waals surface area (Å²) in [6.07, 6.45) is 8.60. The normalized spacial score (nSPS) is 23.9. The van der Waals surface area contributed by atoms with Crippen LogP contribution in [0.3, 0.4) is 0 Å². The Hall–Kier alpha value is -1.65. The first-order valence-corrected chi connectivity index (χ1v) is 14.5. The van der Waals surface area contributed by atoms with E-state index in [1.807, 2.05) is 17.9 Å². The van der Waals surface area contributed by atoms with E-state index in [4.69, 9.17) is 0 Å². The number of carbonyl (C=O) groups excluding carboxylic acids is 2. The van der Waals surface area contributed by atoms with Crippen molar-refractivity contribution < 1.29 is 18.0 Å². The lowest BCUT2D eigenvalue weighted by molar-refractivity contribution is -0.137. The maximum absolute atomic E-state index is 13.2. The maximum atomic E-state index is 13.2. The third kappa shape index (κ3) is 6.08. The van der Waals surface area contributed by atoms with Gasteiger partial charge in [-0.25, -0.2) is 13.2 Å². The molecule has 0 radical (unpaired) electrons. The van der Waals surface area contributed by atoms with Crippen LogP contribution < -0.4 is 10.6 Å². The Labute approximate surface area is 201 Å². The molecule has 1 aliphatic carbocycles. The van der Waals surface area contributed by atoms with Gasteiger partial charge in [0.05, 0.1) is 5.92 Å². The van der Waals surface area contributed by atoms with E-state index in [9.17, 15) is 18.0 Å². The summed E-state index contributed by atoms with van der Waals surface area (Å²) in [5.74, 6) is -0.254. The van der Waals surface area contributed by atoms with E-state index in [-0.39, 0.29) is 36.5 Å². The van der Waals surface area contributed by atoms with Crippen molar-refractivity contribution >= 4 is 33.3 Å². The van der Waals surface area contributed by atoms with Gasteiger partial charge in [-0.3, -0.25) is 4.79 Å². The van der Waals surface area contributed by atoms with E-state index < -0.39 is 10.0 Å². The average molecular weight is 497 g/mol. The summed E-state index contributed by atoms with van der Waals surface area (Å²) in [6.45, 7) is 3.80. The molecule has 2 aliphatic heterocycles. The summed E-state index contributed by atoms with van der Waals surface area (Å²) in [5, 5.41) is 6.17. The van der Waals surface area contributed by atoms with E-state index in [0.717, 1.165) is 37.0 Å². The largest absolute Gasteiger partial charge is 0.342 e. The van der Waals surface area contributed by atoms with Crippen LogP contribution in [0.15, 0.2) is 16.3 Å². The van der Waals surface area contributed by atoms with Gasteiger partial charge < -0.3 is 15.5 Å². The SMILES string of the molecule is Cc1ccc(S(=O)(=O)N2CCCC(C(=O)N3CCC(NC(=O)NC4CCCCC4)CC3)C2)s1. The molecule has 3 amide bonds. The van der Waals surface area contributed by atoms with E-state index >= 15 is 0 Å². The third-order valence-electron chi connectivity index (χ3n) is 7.13. The smallest absolute Gasteiger partial charge is 0.315 e. The standard InChI is InChI=1S/C23H36N4O4S2/c1-17-9-10-21(32-17)33(30,31)27-13-5-6-18(16-27)22(28)26-14-11-20(12-15-26)25-23(29)24-19-7-3-2-4-8-19/h9-10,18-20H,2-8,11-16H2,1H3,(H2,24,25,29). The molecule has 3 heterocycles. The molecule has 0 aromatic carbocycles. The highest BCUT2D eigenvalue weighted by Gasteiger charge is 2.36. The molecule has 1 atom stereocenters. The number of sulfonamides is 1. The zero-order valence-corrected chi connectivity index (χ0v) is 21.1. The van der Waals surface area contributed by atoms with Crippen LogP contribution in [0.5, 0.6) is 0 Å². The fourth-order valence-electron chi connectivity index (χ4n) is 5.20. The number of thiophene rings is 1. The molecule has 2 N–H and O–H groups in total. The van der Waals surface area contributed by atoms with Crippen LogP contribution in [0.2, 0.25) is 0 Å². The number of likely N-dealkylation sites (tertiary alicyclic amines) is 1. The minimum absolute atomic E-state index is 0.0439. The van der Waals surface area contributed by atoms with Gasteiger partial charge in [0.1, 0.15) is 4.21 Å². The highest BCUT2D eigenvalue weighted by molar-refractivity contribution is 7.91. The lowest BCUT2D eigenvalue weighted by Crippen LogP contribution is -2.53. The quantitative estimate of drug-likeness (QED) is 0.654. The summed E-state index contributed by atoms with van der Waals surface area (Å²) in [5.41, 5.74) is 0. The van der Waals surface area contributed by atoms with Crippen LogP contribution in [-0.2, 0) is 14.8 Å². The fourth-order valence-corrected chi connectivity index (χ4v) is 8.16. The lowest BCUT2D eigenvalue weighted by Gasteiger charge is -2.37. The molecule has 2 saturated heterocycles. The van der Waals surface area contributed by atoms with Crippen LogP contribution in [0.4, 0.5) is 4.79 Å². The van der Waals surface area contributed by atoms with E-state index in [1.54, 1.807) is 6.07 Å². The van der Waals surface area contributed by atoms with Crippen molar-refractivity contribution in [2.75, 3.05) is 26.2 Å². The molecule has 184 valence electrons. The van der Waals surface area contributed by atoms with E-state index in [2.05, 4.69) is 10.6 Å². The zero-order valence-electron chi connectivity index (χ0n) is 19.4. The Balaban J connectivity index is 1.25. The summed E-state index contributed by atoms with van der Waals surface area (Å²) >= 11 is 1.28. The topological polar surface area (TPSA) is 98.8 Å². The molecular formula is C23H36N4O4S2. The van der Waals surface area contributed by atoms with Crippen LogP contribution in [0.1, 0.15) is 62.7 Å². The van der Waals surface area contributed by atoms with Crippen molar-refractivity contribution in [2.24, 2.45) is 5.92 Å². The highest BCUT2D eigenvalue weighted by atomic mass is 32.2. The molecule has 1 aromatic rings. The number of rotatable bonds is 5. The molecule has 1 aromatic heterocycles. The molecule has 3 aliphatic rings. The summed E-state index contributed by atoms with van der Waals surface area (Å²) in [4.78, 5) is 28.3. The van der Waals surface area contributed by atoms with Gasteiger partial charge >= 0.3 is 6.03 Å². The Bertz CT molecular complexity index is 934. The second-order valence-corrected chi connectivity index (χ2v) is 13.1. The van der Waals surface area contributed by atoms with E-state index in [0.29, 0.717) is 30.3 Å². The minimum Gasteiger partial charge on any atom is -0.342 e. The van der Waals surface area contributed by atoms with Crippen molar-refractivity contribution in [3.8, 4) is 0 Å². The Morgan fingerprint density at radius 3 is 2.21 bits per heavy atom. The van der Waals surface area contributed by atoms with Gasteiger partial charge in [0.15, 0.2) is 0 Å². The first kappa shape index (κ1) is 24.5. The average Bonchev–Trinajstić information content (AvgIpc) is 3.27. The number of hydrogen-bond donors (Lipinski definition) is 2. The number of amides is 3. The number of hydrogen-bond acceptors (Lipinski definition) is 5. The van der Waals surface area contributed by atoms with Crippen LogP contribution in [0, 0.1) is 12.8 Å². The monoisotopic (exact) mass is 496 g/mol. The van der Waals surface area contributed by atoms with Crippen molar-refractivity contribution in [1.82, 2.24) is 19.8 Å². The molecule has 3 fully saturated rings. The molecule has 8 nitrogen and oxygen atoms in total. The molecule has 10 heteroatoms.